The van der Waals surface area contributed by atoms with Crippen LogP contribution < -0.4 is 10.6 Å². The Hall–Kier alpha value is -1.88. The summed E-state index contributed by atoms with van der Waals surface area (Å²) in [6.45, 7) is 1.88. The van der Waals surface area contributed by atoms with E-state index in [1.807, 2.05) is 37.3 Å². The van der Waals surface area contributed by atoms with Gasteiger partial charge in [-0.2, -0.15) is 0 Å². The van der Waals surface area contributed by atoms with Crippen molar-refractivity contribution < 1.29 is 4.79 Å². The Balaban J connectivity index is 2.28. The molecule has 88 valence electrons. The van der Waals surface area contributed by atoms with Gasteiger partial charge in [0.25, 0.3) is 0 Å². The van der Waals surface area contributed by atoms with Crippen molar-refractivity contribution in [1.82, 2.24) is 10.3 Å². The number of urea groups is 1. The number of aromatic nitrogens is 1. The molecule has 0 spiro atoms. The molecule has 1 heterocycles. The number of benzene rings is 1. The molecule has 17 heavy (non-hydrogen) atoms. The van der Waals surface area contributed by atoms with E-state index in [1.54, 1.807) is 7.05 Å². The predicted molar refractivity (Wildman–Crippen MR) is 70.4 cm³/mol. The van der Waals surface area contributed by atoms with Crippen LogP contribution in [0.1, 0.15) is 5.69 Å². The minimum absolute atomic E-state index is 0.226. The Labute approximate surface area is 104 Å². The summed E-state index contributed by atoms with van der Waals surface area (Å²) >= 11 is 1.47. The molecule has 0 bridgehead atoms. The van der Waals surface area contributed by atoms with Crippen LogP contribution in [0.2, 0.25) is 0 Å². The van der Waals surface area contributed by atoms with Crippen molar-refractivity contribution in [3.8, 4) is 10.6 Å². The first-order valence-electron chi connectivity index (χ1n) is 5.22. The van der Waals surface area contributed by atoms with Gasteiger partial charge >= 0.3 is 6.03 Å². The fourth-order valence-electron chi connectivity index (χ4n) is 1.38. The molecule has 1 aromatic heterocycles. The SMILES string of the molecule is CNC(=O)Nc1sc(-c2ccccc2)nc1C. The van der Waals surface area contributed by atoms with Crippen molar-refractivity contribution in [2.75, 3.05) is 12.4 Å². The zero-order valence-electron chi connectivity index (χ0n) is 9.65. The lowest BCUT2D eigenvalue weighted by atomic mass is 10.2. The van der Waals surface area contributed by atoms with E-state index in [0.29, 0.717) is 0 Å². The zero-order valence-corrected chi connectivity index (χ0v) is 10.5. The third-order valence-electron chi connectivity index (χ3n) is 2.27. The summed E-state index contributed by atoms with van der Waals surface area (Å²) in [6.07, 6.45) is 0. The molecule has 5 heteroatoms. The standard InChI is InChI=1S/C12H13N3OS/c1-8-10(15-12(16)13-2)17-11(14-8)9-6-4-3-5-7-9/h3-7H,1-2H3,(H2,13,15,16). The number of amides is 2. The summed E-state index contributed by atoms with van der Waals surface area (Å²) in [7, 11) is 1.59. The molecule has 2 N–H and O–H groups in total. The summed E-state index contributed by atoms with van der Waals surface area (Å²) in [5, 5.41) is 6.97. The van der Waals surface area contributed by atoms with Crippen LogP contribution in [-0.4, -0.2) is 18.1 Å². The van der Waals surface area contributed by atoms with Crippen LogP contribution in [0.3, 0.4) is 0 Å². The average Bonchev–Trinajstić information content (AvgIpc) is 2.72. The van der Waals surface area contributed by atoms with E-state index in [4.69, 9.17) is 0 Å². The van der Waals surface area contributed by atoms with E-state index in [0.717, 1.165) is 21.3 Å². The molecule has 0 aliphatic rings. The molecule has 0 saturated carbocycles. The summed E-state index contributed by atoms with van der Waals surface area (Å²) in [6, 6.07) is 9.68. The minimum Gasteiger partial charge on any atom is -0.341 e. The quantitative estimate of drug-likeness (QED) is 0.857. The minimum atomic E-state index is -0.226. The largest absolute Gasteiger partial charge is 0.341 e. The van der Waals surface area contributed by atoms with Gasteiger partial charge in [0.15, 0.2) is 0 Å². The number of thiazole rings is 1. The molecule has 0 aliphatic heterocycles. The van der Waals surface area contributed by atoms with Gasteiger partial charge in [0.1, 0.15) is 10.0 Å². The van der Waals surface area contributed by atoms with E-state index in [9.17, 15) is 4.79 Å². The van der Waals surface area contributed by atoms with Crippen LogP contribution in [0.5, 0.6) is 0 Å². The van der Waals surface area contributed by atoms with Crippen LogP contribution in [0.25, 0.3) is 10.6 Å². The second-order valence-corrected chi connectivity index (χ2v) is 4.50. The maximum Gasteiger partial charge on any atom is 0.319 e. The van der Waals surface area contributed by atoms with Crippen LogP contribution >= 0.6 is 11.3 Å². The highest BCUT2D eigenvalue weighted by atomic mass is 32.1. The number of carbonyl (C=O) groups excluding carboxylic acids is 1. The number of aryl methyl sites for hydroxylation is 1. The van der Waals surface area contributed by atoms with Crippen LogP contribution in [0.4, 0.5) is 9.80 Å². The zero-order chi connectivity index (χ0) is 12.3. The Morgan fingerprint density at radius 3 is 2.65 bits per heavy atom. The van der Waals surface area contributed by atoms with Gasteiger partial charge < -0.3 is 5.32 Å². The van der Waals surface area contributed by atoms with Gasteiger partial charge in [-0.3, -0.25) is 5.32 Å². The number of anilines is 1. The Morgan fingerprint density at radius 2 is 2.00 bits per heavy atom. The smallest absolute Gasteiger partial charge is 0.319 e. The van der Waals surface area contributed by atoms with E-state index >= 15 is 0 Å². The van der Waals surface area contributed by atoms with Crippen LogP contribution in [0.15, 0.2) is 30.3 Å². The van der Waals surface area contributed by atoms with Crippen molar-refractivity contribution in [3.63, 3.8) is 0 Å². The molecule has 2 rings (SSSR count). The number of hydrogen-bond donors (Lipinski definition) is 2. The first-order chi connectivity index (χ1) is 8.20. The Kier molecular flexibility index (Phi) is 3.39. The summed E-state index contributed by atoms with van der Waals surface area (Å²) in [5.74, 6) is 0. The Morgan fingerprint density at radius 1 is 1.29 bits per heavy atom. The van der Waals surface area contributed by atoms with Crippen LogP contribution in [-0.2, 0) is 0 Å². The van der Waals surface area contributed by atoms with Gasteiger partial charge in [0, 0.05) is 12.6 Å². The fourth-order valence-corrected chi connectivity index (χ4v) is 2.35. The molecule has 1 aromatic carbocycles. The number of nitrogens with one attached hydrogen (secondary N) is 2. The summed E-state index contributed by atoms with van der Waals surface area (Å²) in [4.78, 5) is 15.7. The van der Waals surface area contributed by atoms with E-state index in [-0.39, 0.29) is 6.03 Å². The van der Waals surface area contributed by atoms with Crippen molar-refractivity contribution in [3.05, 3.63) is 36.0 Å². The molecule has 0 aliphatic carbocycles. The van der Waals surface area contributed by atoms with Crippen LogP contribution in [0, 0.1) is 6.92 Å². The first-order valence-corrected chi connectivity index (χ1v) is 6.04. The monoisotopic (exact) mass is 247 g/mol. The fraction of sp³-hybridized carbons (Fsp3) is 0.167. The maximum absolute atomic E-state index is 11.2. The van der Waals surface area contributed by atoms with E-state index in [2.05, 4.69) is 15.6 Å². The molecule has 0 unspecified atom stereocenters. The third-order valence-corrected chi connectivity index (χ3v) is 3.39. The molecule has 2 aromatic rings. The lowest BCUT2D eigenvalue weighted by molar-refractivity contribution is 0.254. The van der Waals surface area contributed by atoms with Gasteiger partial charge in [0.2, 0.25) is 0 Å². The van der Waals surface area contributed by atoms with Gasteiger partial charge in [-0.05, 0) is 6.92 Å². The Bertz CT molecular complexity index is 522. The second kappa shape index (κ2) is 4.97. The molecule has 0 fully saturated rings. The third kappa shape index (κ3) is 2.62. The first kappa shape index (κ1) is 11.6. The average molecular weight is 247 g/mol. The number of carbonyl (C=O) groups is 1. The van der Waals surface area contributed by atoms with Crippen molar-refractivity contribution in [1.29, 1.82) is 0 Å². The summed E-state index contributed by atoms with van der Waals surface area (Å²) < 4.78 is 0. The highest BCUT2D eigenvalue weighted by Crippen LogP contribution is 2.31. The molecule has 2 amide bonds. The van der Waals surface area contributed by atoms with Gasteiger partial charge in [-0.1, -0.05) is 41.7 Å². The van der Waals surface area contributed by atoms with Gasteiger partial charge in [-0.15, -0.1) is 0 Å². The summed E-state index contributed by atoms with van der Waals surface area (Å²) in [5.41, 5.74) is 1.89. The molecular weight excluding hydrogens is 234 g/mol. The normalized spacial score (nSPS) is 10.0. The lowest BCUT2D eigenvalue weighted by Crippen LogP contribution is -2.24. The highest BCUT2D eigenvalue weighted by Gasteiger charge is 2.10. The molecule has 0 atom stereocenters. The second-order valence-electron chi connectivity index (χ2n) is 3.50. The van der Waals surface area contributed by atoms with Crippen molar-refractivity contribution >= 4 is 22.4 Å². The molecule has 0 saturated heterocycles. The predicted octanol–water partition coefficient (Wildman–Crippen LogP) is 2.87. The highest BCUT2D eigenvalue weighted by molar-refractivity contribution is 7.19. The van der Waals surface area contributed by atoms with Gasteiger partial charge in [-0.25, -0.2) is 9.78 Å². The maximum atomic E-state index is 11.2. The topological polar surface area (TPSA) is 54.0 Å². The lowest BCUT2D eigenvalue weighted by Gasteiger charge is -2.00. The van der Waals surface area contributed by atoms with E-state index in [1.165, 1.54) is 11.3 Å². The number of hydrogen-bond acceptors (Lipinski definition) is 3. The van der Waals surface area contributed by atoms with Crippen molar-refractivity contribution in [2.45, 2.75) is 6.92 Å². The molecular formula is C12H13N3OS. The molecule has 0 radical (unpaired) electrons. The number of nitrogens with zero attached hydrogens (tertiary/aromatic N) is 1. The van der Waals surface area contributed by atoms with Gasteiger partial charge in [0.05, 0.1) is 5.69 Å². The van der Waals surface area contributed by atoms with E-state index < -0.39 is 0 Å². The number of rotatable bonds is 2. The molecule has 4 nitrogen and oxygen atoms in total. The van der Waals surface area contributed by atoms with Crippen molar-refractivity contribution in [2.24, 2.45) is 0 Å².